The molecule has 1 heteroatoms. The Morgan fingerprint density at radius 3 is 2.55 bits per heavy atom. The van der Waals surface area contributed by atoms with E-state index >= 15 is 0 Å². The lowest BCUT2D eigenvalue weighted by molar-refractivity contribution is 0.611. The summed E-state index contributed by atoms with van der Waals surface area (Å²) in [6.07, 6.45) is 1.22. The van der Waals surface area contributed by atoms with E-state index in [1.54, 1.807) is 0 Å². The van der Waals surface area contributed by atoms with Crippen molar-refractivity contribution in [3.05, 3.63) is 35.9 Å². The van der Waals surface area contributed by atoms with Gasteiger partial charge in [-0.1, -0.05) is 30.3 Å². The third kappa shape index (κ3) is 1.60. The maximum atomic E-state index is 2.37. The number of hydrogen-bond acceptors (Lipinski definition) is 1. The third-order valence-corrected chi connectivity index (χ3v) is 2.30. The summed E-state index contributed by atoms with van der Waals surface area (Å²) in [5.41, 5.74) is 1.46. The molecule has 1 fully saturated rings. The molecule has 0 N–H and O–H groups in total. The predicted octanol–water partition coefficient (Wildman–Crippen LogP) is 1.54. The second kappa shape index (κ2) is 2.67. The SMILES string of the molecule is CN1C[C@H]1Cc1ccccc1. The van der Waals surface area contributed by atoms with Gasteiger partial charge in [-0.15, -0.1) is 0 Å². The van der Waals surface area contributed by atoms with Crippen LogP contribution in [-0.4, -0.2) is 24.5 Å². The quantitative estimate of drug-likeness (QED) is 0.573. The van der Waals surface area contributed by atoms with Gasteiger partial charge in [-0.25, -0.2) is 0 Å². The maximum absolute atomic E-state index is 2.37. The van der Waals surface area contributed by atoms with Crippen LogP contribution in [0.4, 0.5) is 0 Å². The number of nitrogens with zero attached hydrogens (tertiary/aromatic N) is 1. The van der Waals surface area contributed by atoms with Crippen molar-refractivity contribution in [2.75, 3.05) is 13.6 Å². The molecule has 1 nitrogen and oxygen atoms in total. The second-order valence-corrected chi connectivity index (χ2v) is 3.28. The summed E-state index contributed by atoms with van der Waals surface area (Å²) < 4.78 is 0. The molecule has 2 rings (SSSR count). The molecule has 0 saturated carbocycles. The van der Waals surface area contributed by atoms with E-state index in [4.69, 9.17) is 0 Å². The average Bonchev–Trinajstić information content (AvgIpc) is 2.69. The molecule has 1 aliphatic heterocycles. The summed E-state index contributed by atoms with van der Waals surface area (Å²) in [5.74, 6) is 0. The van der Waals surface area contributed by atoms with Crippen LogP contribution in [0.1, 0.15) is 5.56 Å². The van der Waals surface area contributed by atoms with Crippen LogP contribution in [0.3, 0.4) is 0 Å². The molecule has 2 atom stereocenters. The molecule has 1 aromatic carbocycles. The minimum Gasteiger partial charge on any atom is -0.300 e. The Morgan fingerprint density at radius 2 is 2.00 bits per heavy atom. The van der Waals surface area contributed by atoms with E-state index in [0.29, 0.717) is 0 Å². The first kappa shape index (κ1) is 6.86. The van der Waals surface area contributed by atoms with Gasteiger partial charge in [0.2, 0.25) is 0 Å². The first-order valence-corrected chi connectivity index (χ1v) is 4.10. The molecular formula is C10H13N. The number of likely N-dealkylation sites (N-methyl/N-ethyl adjacent to an activating group) is 1. The molecule has 0 aromatic heterocycles. The van der Waals surface area contributed by atoms with Crippen LogP contribution in [0.15, 0.2) is 30.3 Å². The van der Waals surface area contributed by atoms with E-state index < -0.39 is 0 Å². The van der Waals surface area contributed by atoms with Gasteiger partial charge in [0.25, 0.3) is 0 Å². The van der Waals surface area contributed by atoms with Gasteiger partial charge in [0.1, 0.15) is 0 Å². The minimum atomic E-state index is 0.817. The molecule has 1 heterocycles. The fourth-order valence-electron chi connectivity index (χ4n) is 1.39. The fourth-order valence-corrected chi connectivity index (χ4v) is 1.39. The Balaban J connectivity index is 1.97. The molecule has 1 saturated heterocycles. The van der Waals surface area contributed by atoms with Gasteiger partial charge in [0.15, 0.2) is 0 Å². The molecule has 0 aliphatic carbocycles. The van der Waals surface area contributed by atoms with E-state index in [0.717, 1.165) is 6.04 Å². The Morgan fingerprint density at radius 1 is 1.36 bits per heavy atom. The highest BCUT2D eigenvalue weighted by atomic mass is 15.3. The summed E-state index contributed by atoms with van der Waals surface area (Å²) in [6.45, 7) is 1.27. The molecule has 58 valence electrons. The fraction of sp³-hybridized carbons (Fsp3) is 0.400. The zero-order valence-electron chi connectivity index (χ0n) is 6.83. The lowest BCUT2D eigenvalue weighted by Gasteiger charge is -1.97. The lowest BCUT2D eigenvalue weighted by atomic mass is 10.1. The normalized spacial score (nSPS) is 28.5. The third-order valence-electron chi connectivity index (χ3n) is 2.30. The summed E-state index contributed by atoms with van der Waals surface area (Å²) >= 11 is 0. The standard InChI is InChI=1S/C10H13N/c1-11-8-10(11)7-9-5-3-2-4-6-9/h2-6,10H,7-8H2,1H3/t10-,11?/m1/s1. The van der Waals surface area contributed by atoms with Gasteiger partial charge in [0.05, 0.1) is 0 Å². The number of rotatable bonds is 2. The van der Waals surface area contributed by atoms with Crippen LogP contribution in [0.25, 0.3) is 0 Å². The molecule has 1 aromatic rings. The summed E-state index contributed by atoms with van der Waals surface area (Å²) in [5, 5.41) is 0. The monoisotopic (exact) mass is 147 g/mol. The highest BCUT2D eigenvalue weighted by molar-refractivity contribution is 5.17. The Hall–Kier alpha value is -0.820. The topological polar surface area (TPSA) is 3.01 Å². The van der Waals surface area contributed by atoms with E-state index in [-0.39, 0.29) is 0 Å². The number of hydrogen-bond donors (Lipinski definition) is 0. The molecule has 1 aliphatic rings. The zero-order valence-corrected chi connectivity index (χ0v) is 6.83. The van der Waals surface area contributed by atoms with Gasteiger partial charge in [-0.05, 0) is 19.0 Å². The molecule has 0 spiro atoms. The van der Waals surface area contributed by atoms with Crippen molar-refractivity contribution in [3.63, 3.8) is 0 Å². The van der Waals surface area contributed by atoms with Gasteiger partial charge >= 0.3 is 0 Å². The Kier molecular flexibility index (Phi) is 1.66. The van der Waals surface area contributed by atoms with Crippen LogP contribution >= 0.6 is 0 Å². The van der Waals surface area contributed by atoms with Crippen molar-refractivity contribution < 1.29 is 0 Å². The van der Waals surface area contributed by atoms with Gasteiger partial charge in [-0.3, -0.25) is 0 Å². The van der Waals surface area contributed by atoms with E-state index in [9.17, 15) is 0 Å². The first-order chi connectivity index (χ1) is 5.36. The summed E-state index contributed by atoms with van der Waals surface area (Å²) in [7, 11) is 2.17. The minimum absolute atomic E-state index is 0.817. The van der Waals surface area contributed by atoms with Gasteiger partial charge in [0, 0.05) is 12.6 Å². The molecule has 0 bridgehead atoms. The molecular weight excluding hydrogens is 134 g/mol. The van der Waals surface area contributed by atoms with Crippen molar-refractivity contribution >= 4 is 0 Å². The highest BCUT2D eigenvalue weighted by Crippen LogP contribution is 2.18. The van der Waals surface area contributed by atoms with Gasteiger partial charge < -0.3 is 4.90 Å². The van der Waals surface area contributed by atoms with Crippen molar-refractivity contribution in [2.45, 2.75) is 12.5 Å². The lowest BCUT2D eigenvalue weighted by Crippen LogP contribution is -1.98. The second-order valence-electron chi connectivity index (χ2n) is 3.28. The van der Waals surface area contributed by atoms with Crippen LogP contribution in [0.2, 0.25) is 0 Å². The Labute approximate surface area is 67.6 Å². The Bertz CT molecular complexity index is 230. The average molecular weight is 147 g/mol. The van der Waals surface area contributed by atoms with Gasteiger partial charge in [-0.2, -0.15) is 0 Å². The smallest absolute Gasteiger partial charge is 0.0261 e. The maximum Gasteiger partial charge on any atom is 0.0261 e. The summed E-state index contributed by atoms with van der Waals surface area (Å²) in [6, 6.07) is 11.5. The van der Waals surface area contributed by atoms with E-state index in [1.165, 1.54) is 18.5 Å². The largest absolute Gasteiger partial charge is 0.300 e. The molecule has 11 heavy (non-hydrogen) atoms. The van der Waals surface area contributed by atoms with Crippen molar-refractivity contribution in [3.8, 4) is 0 Å². The molecule has 0 amide bonds. The van der Waals surface area contributed by atoms with Crippen molar-refractivity contribution in [1.29, 1.82) is 0 Å². The van der Waals surface area contributed by atoms with Crippen LogP contribution in [0.5, 0.6) is 0 Å². The summed E-state index contributed by atoms with van der Waals surface area (Å²) in [4.78, 5) is 2.37. The zero-order chi connectivity index (χ0) is 7.68. The van der Waals surface area contributed by atoms with E-state index in [1.807, 2.05) is 0 Å². The van der Waals surface area contributed by atoms with E-state index in [2.05, 4.69) is 42.3 Å². The van der Waals surface area contributed by atoms with Crippen LogP contribution in [0, 0.1) is 0 Å². The predicted molar refractivity (Wildman–Crippen MR) is 46.6 cm³/mol. The van der Waals surface area contributed by atoms with Crippen molar-refractivity contribution in [2.24, 2.45) is 0 Å². The van der Waals surface area contributed by atoms with Crippen LogP contribution in [-0.2, 0) is 6.42 Å². The van der Waals surface area contributed by atoms with Crippen molar-refractivity contribution in [1.82, 2.24) is 4.90 Å². The first-order valence-electron chi connectivity index (χ1n) is 4.10. The van der Waals surface area contributed by atoms with Crippen LogP contribution < -0.4 is 0 Å². The number of benzene rings is 1. The molecule has 0 radical (unpaired) electrons. The molecule has 1 unspecified atom stereocenters. The highest BCUT2D eigenvalue weighted by Gasteiger charge is 2.28.